The fourth-order valence-electron chi connectivity index (χ4n) is 1.74. The van der Waals surface area contributed by atoms with E-state index in [1.165, 1.54) is 0 Å². The standard InChI is InChI=1S/C10H13N3O3/c1-8-6-9(7-11-10(8)13(14)15)12-2-4-16-5-3-12/h6-7H,2-5H2,1H3. The van der Waals surface area contributed by atoms with Crippen LogP contribution >= 0.6 is 0 Å². The lowest BCUT2D eigenvalue weighted by atomic mass is 10.2. The minimum atomic E-state index is -0.460. The Morgan fingerprint density at radius 2 is 2.19 bits per heavy atom. The third-order valence-electron chi connectivity index (χ3n) is 2.59. The van der Waals surface area contributed by atoms with Crippen LogP contribution in [0.2, 0.25) is 0 Å². The highest BCUT2D eigenvalue weighted by Gasteiger charge is 2.17. The van der Waals surface area contributed by atoms with Crippen LogP contribution in [0.1, 0.15) is 5.56 Å². The number of nitro groups is 1. The average molecular weight is 223 g/mol. The third kappa shape index (κ3) is 2.11. The van der Waals surface area contributed by atoms with Gasteiger partial charge in [0, 0.05) is 18.7 Å². The largest absolute Gasteiger partial charge is 0.378 e. The van der Waals surface area contributed by atoms with Gasteiger partial charge in [-0.25, -0.2) is 0 Å². The molecule has 1 fully saturated rings. The molecule has 1 aromatic heterocycles. The summed E-state index contributed by atoms with van der Waals surface area (Å²) >= 11 is 0. The number of anilines is 1. The quantitative estimate of drug-likeness (QED) is 0.555. The van der Waals surface area contributed by atoms with Crippen molar-refractivity contribution in [2.45, 2.75) is 6.92 Å². The summed E-state index contributed by atoms with van der Waals surface area (Å²) in [4.78, 5) is 16.1. The van der Waals surface area contributed by atoms with Crippen LogP contribution in [0.25, 0.3) is 0 Å². The number of hydrogen-bond donors (Lipinski definition) is 0. The summed E-state index contributed by atoms with van der Waals surface area (Å²) in [5, 5.41) is 10.6. The van der Waals surface area contributed by atoms with E-state index in [0.717, 1.165) is 18.8 Å². The molecule has 0 radical (unpaired) electrons. The van der Waals surface area contributed by atoms with E-state index in [1.807, 2.05) is 0 Å². The van der Waals surface area contributed by atoms with Crippen LogP contribution in [0, 0.1) is 17.0 Å². The van der Waals surface area contributed by atoms with Crippen LogP contribution in [0.4, 0.5) is 11.5 Å². The van der Waals surface area contributed by atoms with E-state index in [-0.39, 0.29) is 5.82 Å². The molecule has 0 aliphatic carbocycles. The average Bonchev–Trinajstić information content (AvgIpc) is 2.29. The molecule has 1 aliphatic rings. The Labute approximate surface area is 93.0 Å². The maximum absolute atomic E-state index is 10.6. The second-order valence-corrected chi connectivity index (χ2v) is 3.69. The van der Waals surface area contributed by atoms with Gasteiger partial charge in [0.15, 0.2) is 6.20 Å². The van der Waals surface area contributed by atoms with Gasteiger partial charge in [0.1, 0.15) is 0 Å². The topological polar surface area (TPSA) is 68.5 Å². The lowest BCUT2D eigenvalue weighted by Crippen LogP contribution is -2.36. The van der Waals surface area contributed by atoms with Gasteiger partial charge in [-0.3, -0.25) is 0 Å². The lowest BCUT2D eigenvalue weighted by molar-refractivity contribution is -0.390. The Morgan fingerprint density at radius 1 is 1.50 bits per heavy atom. The van der Waals surface area contributed by atoms with Crippen molar-refractivity contribution in [3.05, 3.63) is 27.9 Å². The van der Waals surface area contributed by atoms with Crippen molar-refractivity contribution >= 4 is 11.5 Å². The van der Waals surface area contributed by atoms with Crippen molar-refractivity contribution < 1.29 is 9.66 Å². The molecule has 0 saturated carbocycles. The number of hydrogen-bond acceptors (Lipinski definition) is 5. The molecule has 1 aromatic rings. The number of aromatic nitrogens is 1. The van der Waals surface area contributed by atoms with E-state index in [2.05, 4.69) is 9.88 Å². The van der Waals surface area contributed by atoms with Gasteiger partial charge < -0.3 is 19.8 Å². The van der Waals surface area contributed by atoms with Crippen LogP contribution in [0.3, 0.4) is 0 Å². The van der Waals surface area contributed by atoms with Gasteiger partial charge in [0.25, 0.3) is 0 Å². The highest BCUT2D eigenvalue weighted by Crippen LogP contribution is 2.21. The fraction of sp³-hybridized carbons (Fsp3) is 0.500. The number of nitrogens with zero attached hydrogens (tertiary/aromatic N) is 3. The van der Waals surface area contributed by atoms with Crippen LogP contribution in [-0.2, 0) is 4.74 Å². The lowest BCUT2D eigenvalue weighted by Gasteiger charge is -2.27. The Hall–Kier alpha value is -1.69. The molecule has 0 N–H and O–H groups in total. The Bertz CT molecular complexity index is 402. The smallest absolute Gasteiger partial charge is 0.366 e. The number of pyridine rings is 1. The first-order valence-corrected chi connectivity index (χ1v) is 5.12. The molecule has 0 amide bonds. The summed E-state index contributed by atoms with van der Waals surface area (Å²) in [5.41, 5.74) is 1.51. The predicted octanol–water partition coefficient (Wildman–Crippen LogP) is 1.13. The summed E-state index contributed by atoms with van der Waals surface area (Å²) in [6.07, 6.45) is 1.55. The van der Waals surface area contributed by atoms with Gasteiger partial charge in [0.05, 0.1) is 18.9 Å². The van der Waals surface area contributed by atoms with Crippen molar-refractivity contribution in [1.29, 1.82) is 0 Å². The molecule has 2 rings (SSSR count). The minimum absolute atomic E-state index is 0.0722. The number of ether oxygens (including phenoxy) is 1. The first-order chi connectivity index (χ1) is 7.68. The van der Waals surface area contributed by atoms with Crippen LogP contribution < -0.4 is 4.90 Å². The fourth-order valence-corrected chi connectivity index (χ4v) is 1.74. The summed E-state index contributed by atoms with van der Waals surface area (Å²) < 4.78 is 5.24. The van der Waals surface area contributed by atoms with Gasteiger partial charge in [-0.15, -0.1) is 0 Å². The highest BCUT2D eigenvalue weighted by atomic mass is 16.6. The maximum atomic E-state index is 10.6. The SMILES string of the molecule is Cc1cc(N2CCOCC2)cnc1[N+](=O)[O-]. The summed E-state index contributed by atoms with van der Waals surface area (Å²) in [6, 6.07) is 1.80. The summed E-state index contributed by atoms with van der Waals surface area (Å²) in [6.45, 7) is 4.69. The van der Waals surface area contributed by atoms with E-state index in [4.69, 9.17) is 4.74 Å². The van der Waals surface area contributed by atoms with Gasteiger partial charge in [-0.2, -0.15) is 0 Å². The van der Waals surface area contributed by atoms with E-state index in [0.29, 0.717) is 18.8 Å². The zero-order valence-electron chi connectivity index (χ0n) is 9.05. The molecule has 0 aromatic carbocycles. The van der Waals surface area contributed by atoms with E-state index in [9.17, 15) is 10.1 Å². The first-order valence-electron chi connectivity index (χ1n) is 5.12. The van der Waals surface area contributed by atoms with Crippen molar-refractivity contribution in [1.82, 2.24) is 4.98 Å². The molecule has 0 bridgehead atoms. The van der Waals surface area contributed by atoms with Gasteiger partial charge >= 0.3 is 5.82 Å². The predicted molar refractivity (Wildman–Crippen MR) is 58.7 cm³/mol. The molecule has 6 heteroatoms. The molecule has 0 atom stereocenters. The second-order valence-electron chi connectivity index (χ2n) is 3.69. The van der Waals surface area contributed by atoms with Crippen LogP contribution in [0.15, 0.2) is 12.3 Å². The number of aryl methyl sites for hydroxylation is 1. The van der Waals surface area contributed by atoms with Crippen molar-refractivity contribution in [2.24, 2.45) is 0 Å². The van der Waals surface area contributed by atoms with Crippen LogP contribution in [0.5, 0.6) is 0 Å². The van der Waals surface area contributed by atoms with Crippen molar-refractivity contribution in [3.63, 3.8) is 0 Å². The Morgan fingerprint density at radius 3 is 2.75 bits per heavy atom. The summed E-state index contributed by atoms with van der Waals surface area (Å²) in [7, 11) is 0. The second kappa shape index (κ2) is 4.44. The molecule has 0 unspecified atom stereocenters. The number of morpholine rings is 1. The molecule has 86 valence electrons. The zero-order chi connectivity index (χ0) is 11.5. The van der Waals surface area contributed by atoms with Gasteiger partial charge in [-0.1, -0.05) is 0 Å². The van der Waals surface area contributed by atoms with Crippen molar-refractivity contribution in [3.8, 4) is 0 Å². The molecular weight excluding hydrogens is 210 g/mol. The van der Waals surface area contributed by atoms with E-state index in [1.54, 1.807) is 19.2 Å². The monoisotopic (exact) mass is 223 g/mol. The van der Waals surface area contributed by atoms with E-state index < -0.39 is 4.92 Å². The Kier molecular flexibility index (Phi) is 3.00. The third-order valence-corrected chi connectivity index (χ3v) is 2.59. The molecule has 6 nitrogen and oxygen atoms in total. The normalized spacial score (nSPS) is 16.2. The van der Waals surface area contributed by atoms with Gasteiger partial charge in [-0.05, 0) is 22.9 Å². The molecule has 0 spiro atoms. The minimum Gasteiger partial charge on any atom is -0.378 e. The molecule has 1 aliphatic heterocycles. The Balaban J connectivity index is 2.23. The van der Waals surface area contributed by atoms with Crippen molar-refractivity contribution in [2.75, 3.05) is 31.2 Å². The molecular formula is C10H13N3O3. The maximum Gasteiger partial charge on any atom is 0.366 e. The summed E-state index contributed by atoms with van der Waals surface area (Å²) in [5.74, 6) is -0.0722. The van der Waals surface area contributed by atoms with E-state index >= 15 is 0 Å². The molecule has 2 heterocycles. The highest BCUT2D eigenvalue weighted by molar-refractivity contribution is 5.50. The van der Waals surface area contributed by atoms with Crippen LogP contribution in [-0.4, -0.2) is 36.2 Å². The molecule has 16 heavy (non-hydrogen) atoms. The first kappa shape index (κ1) is 10.8. The molecule has 1 saturated heterocycles. The van der Waals surface area contributed by atoms with Gasteiger partial charge in [0.2, 0.25) is 0 Å². The zero-order valence-corrected chi connectivity index (χ0v) is 9.05. The number of rotatable bonds is 2.